The Balaban J connectivity index is 1.63. The molecule has 1 aromatic carbocycles. The molecule has 1 unspecified atom stereocenters. The number of amides is 1. The number of anilines is 1. The van der Waals surface area contributed by atoms with Crippen LogP contribution in [-0.2, 0) is 11.3 Å². The Hall–Kier alpha value is -3.32. The van der Waals surface area contributed by atoms with E-state index in [9.17, 15) is 4.79 Å². The minimum Gasteiger partial charge on any atom is -0.459 e. The second kappa shape index (κ2) is 7.50. The third-order valence-corrected chi connectivity index (χ3v) is 5.84. The van der Waals surface area contributed by atoms with Crippen LogP contribution >= 0.6 is 0 Å². The number of nitrogens with one attached hydrogen (secondary N) is 2. The third kappa shape index (κ3) is 3.21. The molecule has 4 aromatic rings. The van der Waals surface area contributed by atoms with E-state index < -0.39 is 0 Å². The van der Waals surface area contributed by atoms with Crippen LogP contribution in [0.4, 0.5) is 5.82 Å². The minimum absolute atomic E-state index is 0.137. The van der Waals surface area contributed by atoms with E-state index in [1.807, 2.05) is 24.3 Å². The summed E-state index contributed by atoms with van der Waals surface area (Å²) in [7, 11) is 0. The van der Waals surface area contributed by atoms with Gasteiger partial charge in [-0.3, -0.25) is 4.79 Å². The van der Waals surface area contributed by atoms with E-state index in [1.165, 1.54) is 6.26 Å². The molecule has 7 nitrogen and oxygen atoms in total. The number of rotatable bonds is 5. The molecule has 0 radical (unpaired) electrons. The Morgan fingerprint density at radius 3 is 2.87 bits per heavy atom. The molecule has 1 saturated heterocycles. The highest BCUT2D eigenvalue weighted by Crippen LogP contribution is 2.36. The van der Waals surface area contributed by atoms with Gasteiger partial charge in [0.1, 0.15) is 11.6 Å². The van der Waals surface area contributed by atoms with Gasteiger partial charge in [0.15, 0.2) is 5.76 Å². The summed E-state index contributed by atoms with van der Waals surface area (Å²) in [5, 5.41) is 3.07. The summed E-state index contributed by atoms with van der Waals surface area (Å²) in [6.45, 7) is 5.60. The van der Waals surface area contributed by atoms with Crippen LogP contribution in [0, 0.1) is 13.8 Å². The first-order valence-corrected chi connectivity index (χ1v) is 10.2. The summed E-state index contributed by atoms with van der Waals surface area (Å²) >= 11 is 0. The van der Waals surface area contributed by atoms with Crippen molar-refractivity contribution < 1.29 is 13.9 Å². The van der Waals surface area contributed by atoms with Crippen LogP contribution in [0.3, 0.4) is 0 Å². The largest absolute Gasteiger partial charge is 0.459 e. The molecular weight excluding hydrogens is 380 g/mol. The smallest absolute Gasteiger partial charge is 0.292 e. The molecule has 0 bridgehead atoms. The lowest BCUT2D eigenvalue weighted by molar-refractivity contribution is 0.0957. The van der Waals surface area contributed by atoms with Gasteiger partial charge in [-0.15, -0.1) is 0 Å². The highest BCUT2D eigenvalue weighted by atomic mass is 16.5. The Morgan fingerprint density at radius 1 is 1.27 bits per heavy atom. The number of carbonyl (C=O) groups excluding carboxylic acids is 1. The van der Waals surface area contributed by atoms with Crippen molar-refractivity contribution in [1.82, 2.24) is 14.5 Å². The van der Waals surface area contributed by atoms with Crippen molar-refractivity contribution in [2.24, 2.45) is 0 Å². The van der Waals surface area contributed by atoms with E-state index in [0.29, 0.717) is 12.4 Å². The highest BCUT2D eigenvalue weighted by Gasteiger charge is 2.26. The molecule has 3 aromatic heterocycles. The molecule has 30 heavy (non-hydrogen) atoms. The summed E-state index contributed by atoms with van der Waals surface area (Å²) in [6.07, 6.45) is 3.71. The summed E-state index contributed by atoms with van der Waals surface area (Å²) in [5.41, 5.74) is 4.89. The first-order chi connectivity index (χ1) is 14.6. The lowest BCUT2D eigenvalue weighted by atomic mass is 10.1. The number of fused-ring (bicyclic) bond motifs is 1. The summed E-state index contributed by atoms with van der Waals surface area (Å²) in [6, 6.07) is 11.3. The Bertz CT molecular complexity index is 1160. The number of H-pyrrole nitrogens is 1. The van der Waals surface area contributed by atoms with Crippen molar-refractivity contribution >= 4 is 22.8 Å². The van der Waals surface area contributed by atoms with Crippen LogP contribution in [0.2, 0.25) is 0 Å². The van der Waals surface area contributed by atoms with E-state index >= 15 is 0 Å². The predicted octanol–water partition coefficient (Wildman–Crippen LogP) is 4.67. The molecule has 5 rings (SSSR count). The van der Waals surface area contributed by atoms with Crippen molar-refractivity contribution in [3.8, 4) is 11.4 Å². The second-order valence-electron chi connectivity index (χ2n) is 7.71. The zero-order chi connectivity index (χ0) is 20.7. The number of hydrogen-bond acceptors (Lipinski definition) is 4. The van der Waals surface area contributed by atoms with Crippen LogP contribution < -0.4 is 5.32 Å². The molecule has 1 fully saturated rings. The molecule has 1 atom stereocenters. The van der Waals surface area contributed by atoms with Gasteiger partial charge in [0.25, 0.3) is 5.91 Å². The number of aromatic amines is 1. The number of benzene rings is 1. The maximum atomic E-state index is 12.9. The second-order valence-corrected chi connectivity index (χ2v) is 7.71. The van der Waals surface area contributed by atoms with Gasteiger partial charge in [-0.2, -0.15) is 0 Å². The van der Waals surface area contributed by atoms with Gasteiger partial charge in [0.2, 0.25) is 0 Å². The Labute approximate surface area is 174 Å². The van der Waals surface area contributed by atoms with Crippen molar-refractivity contribution in [2.45, 2.75) is 39.3 Å². The lowest BCUT2D eigenvalue weighted by Crippen LogP contribution is -2.21. The van der Waals surface area contributed by atoms with Crippen molar-refractivity contribution in [3.05, 3.63) is 59.7 Å². The van der Waals surface area contributed by atoms with E-state index in [1.54, 1.807) is 12.1 Å². The number of aromatic nitrogens is 3. The van der Waals surface area contributed by atoms with Gasteiger partial charge < -0.3 is 24.0 Å². The van der Waals surface area contributed by atoms with Gasteiger partial charge in [-0.25, -0.2) is 4.98 Å². The van der Waals surface area contributed by atoms with Crippen LogP contribution in [-0.4, -0.2) is 33.2 Å². The number of carbonyl (C=O) groups is 1. The standard InChI is InChI=1S/C23H24N4O3/c1-14-15(2)27(13-16-7-5-11-29-16)22(26-23(28)19-10-6-12-30-19)20(14)21-24-17-8-3-4-9-18(17)25-21/h3-4,6,8-10,12,16H,5,7,11,13H2,1-2H3,(H,24,25)(H,26,28). The summed E-state index contributed by atoms with van der Waals surface area (Å²) in [4.78, 5) is 21.1. The molecule has 7 heteroatoms. The lowest BCUT2D eigenvalue weighted by Gasteiger charge is -2.17. The number of hydrogen-bond donors (Lipinski definition) is 2. The minimum atomic E-state index is -0.288. The molecule has 0 spiro atoms. The number of imidazole rings is 1. The number of nitrogens with zero attached hydrogens (tertiary/aromatic N) is 2. The quantitative estimate of drug-likeness (QED) is 0.506. The summed E-state index contributed by atoms with van der Waals surface area (Å²) < 4.78 is 13.3. The predicted molar refractivity (Wildman–Crippen MR) is 115 cm³/mol. The topological polar surface area (TPSA) is 85.1 Å². The van der Waals surface area contributed by atoms with Crippen molar-refractivity contribution in [2.75, 3.05) is 11.9 Å². The average Bonchev–Trinajstić information content (AvgIpc) is 3.53. The van der Waals surface area contributed by atoms with Gasteiger partial charge in [-0.1, -0.05) is 12.1 Å². The molecular formula is C23H24N4O3. The van der Waals surface area contributed by atoms with Gasteiger partial charge >= 0.3 is 0 Å². The molecule has 154 valence electrons. The zero-order valence-electron chi connectivity index (χ0n) is 17.1. The average molecular weight is 404 g/mol. The molecule has 1 aliphatic heterocycles. The fraction of sp³-hybridized carbons (Fsp3) is 0.304. The molecule has 1 amide bonds. The third-order valence-electron chi connectivity index (χ3n) is 5.84. The van der Waals surface area contributed by atoms with E-state index in [-0.39, 0.29) is 17.8 Å². The fourth-order valence-electron chi connectivity index (χ4n) is 4.15. The molecule has 1 aliphatic rings. The molecule has 0 aliphatic carbocycles. The maximum absolute atomic E-state index is 12.9. The van der Waals surface area contributed by atoms with E-state index in [2.05, 4.69) is 28.7 Å². The first-order valence-electron chi connectivity index (χ1n) is 10.2. The van der Waals surface area contributed by atoms with Gasteiger partial charge in [-0.05, 0) is 56.5 Å². The monoisotopic (exact) mass is 404 g/mol. The first kappa shape index (κ1) is 18.7. The maximum Gasteiger partial charge on any atom is 0.292 e. The zero-order valence-corrected chi connectivity index (χ0v) is 17.1. The number of furan rings is 1. The van der Waals surface area contributed by atoms with Crippen LogP contribution in [0.5, 0.6) is 0 Å². The SMILES string of the molecule is Cc1c(-c2nc3ccccc3[nH]2)c(NC(=O)c2ccco2)n(CC2CCCO2)c1C. The highest BCUT2D eigenvalue weighted by molar-refractivity contribution is 6.04. The molecule has 0 saturated carbocycles. The van der Waals surface area contributed by atoms with Crippen LogP contribution in [0.1, 0.15) is 34.7 Å². The summed E-state index contributed by atoms with van der Waals surface area (Å²) in [5.74, 6) is 1.42. The van der Waals surface area contributed by atoms with E-state index in [4.69, 9.17) is 14.1 Å². The van der Waals surface area contributed by atoms with Crippen molar-refractivity contribution in [1.29, 1.82) is 0 Å². The number of para-hydroxylation sites is 2. The number of ether oxygens (including phenoxy) is 1. The molecule has 2 N–H and O–H groups in total. The molecule has 4 heterocycles. The van der Waals surface area contributed by atoms with Gasteiger partial charge in [0, 0.05) is 12.3 Å². The fourth-order valence-corrected chi connectivity index (χ4v) is 4.15. The van der Waals surface area contributed by atoms with Crippen LogP contribution in [0.15, 0.2) is 47.1 Å². The van der Waals surface area contributed by atoms with Crippen molar-refractivity contribution in [3.63, 3.8) is 0 Å². The van der Waals surface area contributed by atoms with Crippen LogP contribution in [0.25, 0.3) is 22.4 Å². The normalized spacial score (nSPS) is 16.4. The van der Waals surface area contributed by atoms with E-state index in [0.717, 1.165) is 53.1 Å². The Morgan fingerprint density at radius 2 is 2.13 bits per heavy atom. The van der Waals surface area contributed by atoms with Gasteiger partial charge in [0.05, 0.1) is 35.5 Å². The Kier molecular flexibility index (Phi) is 4.67.